The normalized spacial score (nSPS) is 11.4. The molecule has 0 saturated carbocycles. The summed E-state index contributed by atoms with van der Waals surface area (Å²) in [6.45, 7) is 1.65. The highest BCUT2D eigenvalue weighted by Gasteiger charge is 2.21. The van der Waals surface area contributed by atoms with Crippen LogP contribution in [-0.4, -0.2) is 15.8 Å². The summed E-state index contributed by atoms with van der Waals surface area (Å²) in [6.07, 6.45) is 0. The second-order valence-electron chi connectivity index (χ2n) is 8.47. The molecule has 0 heterocycles. The van der Waals surface area contributed by atoms with Crippen LogP contribution in [0.15, 0.2) is 91.0 Å². The Kier molecular flexibility index (Phi) is 7.72. The van der Waals surface area contributed by atoms with E-state index in [2.05, 4.69) is 5.32 Å². The smallest absolute Gasteiger partial charge is 0.317 e. The molecule has 0 aliphatic rings. The number of carbonyl (C=O) groups excluding carboxylic acids is 1. The number of nitrogens with one attached hydrogen (secondary N) is 1. The number of nitro groups is 2. The number of hydrogen-bond donors (Lipinski definition) is 1. The van der Waals surface area contributed by atoms with Gasteiger partial charge in [-0.25, -0.2) is 4.39 Å². The summed E-state index contributed by atoms with van der Waals surface area (Å²) >= 11 is 0. The third-order valence-corrected chi connectivity index (χ3v) is 5.94. The fraction of sp³-hybridized carbons (Fsp3) is 0.107. The number of rotatable bonds is 9. The van der Waals surface area contributed by atoms with Crippen LogP contribution in [0.25, 0.3) is 11.1 Å². The lowest BCUT2D eigenvalue weighted by atomic mass is 9.96. The van der Waals surface area contributed by atoms with Crippen molar-refractivity contribution in [2.45, 2.75) is 19.4 Å². The van der Waals surface area contributed by atoms with Gasteiger partial charge < -0.3 is 10.1 Å². The molecule has 1 amide bonds. The molecule has 1 atom stereocenters. The van der Waals surface area contributed by atoms with Crippen LogP contribution in [0.2, 0.25) is 0 Å². The number of benzene rings is 4. The van der Waals surface area contributed by atoms with Gasteiger partial charge in [0.05, 0.1) is 21.8 Å². The van der Waals surface area contributed by atoms with E-state index in [9.17, 15) is 29.4 Å². The summed E-state index contributed by atoms with van der Waals surface area (Å²) in [4.78, 5) is 33.4. The van der Waals surface area contributed by atoms with Crippen molar-refractivity contribution < 1.29 is 23.8 Å². The van der Waals surface area contributed by atoms with Gasteiger partial charge >= 0.3 is 5.69 Å². The monoisotopic (exact) mass is 515 g/mol. The van der Waals surface area contributed by atoms with E-state index < -0.39 is 33.0 Å². The minimum Gasteiger partial charge on any atom is -0.482 e. The maximum atomic E-state index is 14.7. The fourth-order valence-corrected chi connectivity index (χ4v) is 3.78. The minimum atomic E-state index is -0.747. The summed E-state index contributed by atoms with van der Waals surface area (Å²) in [6, 6.07) is 23.7. The van der Waals surface area contributed by atoms with Crippen molar-refractivity contribution in [3.05, 3.63) is 128 Å². The number of nitro benzene ring substituents is 2. The van der Waals surface area contributed by atoms with E-state index in [1.165, 1.54) is 12.1 Å². The second kappa shape index (κ2) is 11.3. The molecule has 9 nitrogen and oxygen atoms in total. The predicted octanol–water partition coefficient (Wildman–Crippen LogP) is 6.63. The van der Waals surface area contributed by atoms with Gasteiger partial charge in [-0.15, -0.1) is 0 Å². The first-order chi connectivity index (χ1) is 18.2. The Labute approximate surface area is 216 Å². The lowest BCUT2D eigenvalue weighted by Crippen LogP contribution is -2.19. The van der Waals surface area contributed by atoms with Gasteiger partial charge in [-0.05, 0) is 47.9 Å². The summed E-state index contributed by atoms with van der Waals surface area (Å²) in [5.74, 6) is -1.44. The summed E-state index contributed by atoms with van der Waals surface area (Å²) < 4.78 is 20.2. The lowest BCUT2D eigenvalue weighted by molar-refractivity contribution is -0.394. The zero-order chi connectivity index (χ0) is 27.2. The van der Waals surface area contributed by atoms with Gasteiger partial charge in [0.2, 0.25) is 5.91 Å². The molecule has 0 aromatic heterocycles. The molecule has 0 radical (unpaired) electrons. The lowest BCUT2D eigenvalue weighted by Gasteiger charge is -2.14. The quantitative estimate of drug-likeness (QED) is 0.197. The van der Waals surface area contributed by atoms with Crippen LogP contribution in [-0.2, 0) is 11.4 Å². The van der Waals surface area contributed by atoms with E-state index in [0.29, 0.717) is 22.4 Å². The standard InChI is InChI=1S/C28H22FN3O6/c1-18(21-9-13-24(25(29)15-21)20-5-3-2-4-6-20)28(33)30-22-10-7-19(8-11-22)17-38-27-14-12-23(31(34)35)16-26(27)32(36)37/h2-16,18H,17H2,1H3,(H,30,33). The zero-order valence-electron chi connectivity index (χ0n) is 20.2. The van der Waals surface area contributed by atoms with Crippen molar-refractivity contribution in [2.75, 3.05) is 5.32 Å². The molecule has 0 bridgehead atoms. The number of non-ortho nitro benzene ring substituents is 1. The third kappa shape index (κ3) is 5.98. The van der Waals surface area contributed by atoms with E-state index in [1.54, 1.807) is 43.3 Å². The Hall–Kier alpha value is -5.12. The molecule has 4 aromatic carbocycles. The van der Waals surface area contributed by atoms with Gasteiger partial charge in [0.15, 0.2) is 5.75 Å². The van der Waals surface area contributed by atoms with E-state index >= 15 is 0 Å². The number of carbonyl (C=O) groups is 1. The van der Waals surface area contributed by atoms with Crippen LogP contribution in [0, 0.1) is 26.0 Å². The molecule has 0 fully saturated rings. The van der Waals surface area contributed by atoms with E-state index in [0.717, 1.165) is 17.7 Å². The molecule has 1 unspecified atom stereocenters. The molecular weight excluding hydrogens is 493 g/mol. The molecule has 4 aromatic rings. The summed E-state index contributed by atoms with van der Waals surface area (Å²) in [7, 11) is 0. The highest BCUT2D eigenvalue weighted by molar-refractivity contribution is 5.95. The molecule has 0 aliphatic carbocycles. The van der Waals surface area contributed by atoms with E-state index in [-0.39, 0.29) is 18.3 Å². The Morgan fingerprint density at radius 2 is 1.63 bits per heavy atom. The first-order valence-electron chi connectivity index (χ1n) is 11.5. The SMILES string of the molecule is CC(C(=O)Nc1ccc(COc2ccc([N+](=O)[O-])cc2[N+](=O)[O-])cc1)c1ccc(-c2ccccc2)c(F)c1. The maximum absolute atomic E-state index is 14.7. The molecular formula is C28H22FN3O6. The first kappa shape index (κ1) is 26.0. The van der Waals surface area contributed by atoms with Crippen LogP contribution in [0.5, 0.6) is 5.75 Å². The average molecular weight is 515 g/mol. The molecule has 10 heteroatoms. The summed E-state index contributed by atoms with van der Waals surface area (Å²) in [5, 5.41) is 24.9. The van der Waals surface area contributed by atoms with Gasteiger partial charge in [-0.1, -0.05) is 54.6 Å². The Morgan fingerprint density at radius 3 is 2.26 bits per heavy atom. The molecule has 1 N–H and O–H groups in total. The zero-order valence-corrected chi connectivity index (χ0v) is 20.2. The van der Waals surface area contributed by atoms with Gasteiger partial charge in [0.1, 0.15) is 12.4 Å². The van der Waals surface area contributed by atoms with E-state index in [4.69, 9.17) is 4.74 Å². The molecule has 38 heavy (non-hydrogen) atoms. The largest absolute Gasteiger partial charge is 0.482 e. The van der Waals surface area contributed by atoms with Gasteiger partial charge in [-0.2, -0.15) is 0 Å². The van der Waals surface area contributed by atoms with E-state index in [1.807, 2.05) is 30.3 Å². The van der Waals surface area contributed by atoms with Gasteiger partial charge in [-0.3, -0.25) is 25.0 Å². The second-order valence-corrected chi connectivity index (χ2v) is 8.47. The Balaban J connectivity index is 1.38. The van der Waals surface area contributed by atoms with Crippen LogP contribution >= 0.6 is 0 Å². The first-order valence-corrected chi connectivity index (χ1v) is 11.5. The summed E-state index contributed by atoms with van der Waals surface area (Å²) in [5.41, 5.74) is 1.99. The predicted molar refractivity (Wildman–Crippen MR) is 139 cm³/mol. The van der Waals surface area contributed by atoms with Crippen LogP contribution in [0.3, 0.4) is 0 Å². The fourth-order valence-electron chi connectivity index (χ4n) is 3.78. The number of anilines is 1. The topological polar surface area (TPSA) is 125 Å². The van der Waals surface area contributed by atoms with Crippen molar-refractivity contribution >= 4 is 23.0 Å². The number of ether oxygens (including phenoxy) is 1. The average Bonchev–Trinajstić information content (AvgIpc) is 2.92. The molecule has 192 valence electrons. The van der Waals surface area contributed by atoms with Gasteiger partial charge in [0, 0.05) is 17.3 Å². The van der Waals surface area contributed by atoms with Crippen LogP contribution < -0.4 is 10.1 Å². The Bertz CT molecular complexity index is 1490. The van der Waals surface area contributed by atoms with Crippen LogP contribution in [0.1, 0.15) is 24.0 Å². The van der Waals surface area contributed by atoms with Crippen molar-refractivity contribution in [3.63, 3.8) is 0 Å². The molecule has 0 saturated heterocycles. The number of hydrogen-bond acceptors (Lipinski definition) is 6. The van der Waals surface area contributed by atoms with Crippen molar-refractivity contribution in [1.82, 2.24) is 0 Å². The van der Waals surface area contributed by atoms with Crippen LogP contribution in [0.4, 0.5) is 21.5 Å². The van der Waals surface area contributed by atoms with Crippen molar-refractivity contribution in [2.24, 2.45) is 0 Å². The highest BCUT2D eigenvalue weighted by Crippen LogP contribution is 2.32. The highest BCUT2D eigenvalue weighted by atomic mass is 19.1. The number of halogens is 1. The van der Waals surface area contributed by atoms with Crippen molar-refractivity contribution in [1.29, 1.82) is 0 Å². The molecule has 0 aliphatic heterocycles. The van der Waals surface area contributed by atoms with Gasteiger partial charge in [0.25, 0.3) is 5.69 Å². The molecule has 0 spiro atoms. The molecule has 4 rings (SSSR count). The maximum Gasteiger partial charge on any atom is 0.317 e. The number of nitrogens with zero attached hydrogens (tertiary/aromatic N) is 2. The third-order valence-electron chi connectivity index (χ3n) is 5.94. The van der Waals surface area contributed by atoms with Crippen molar-refractivity contribution in [3.8, 4) is 16.9 Å². The Morgan fingerprint density at radius 1 is 0.921 bits per heavy atom. The number of amides is 1. The minimum absolute atomic E-state index is 0.0314.